The van der Waals surface area contributed by atoms with E-state index in [1.54, 1.807) is 16.9 Å². The van der Waals surface area contributed by atoms with Crippen LogP contribution in [0.25, 0.3) is 11.1 Å². The lowest BCUT2D eigenvalue weighted by atomic mass is 9.60. The van der Waals surface area contributed by atoms with Gasteiger partial charge in [0.25, 0.3) is 0 Å². The number of likely N-dealkylation sites (tertiary alicyclic amines) is 2. The summed E-state index contributed by atoms with van der Waals surface area (Å²) in [6, 6.07) is 15.7. The number of rotatable bonds is 6. The van der Waals surface area contributed by atoms with Crippen LogP contribution in [0.4, 0.5) is 0 Å². The summed E-state index contributed by atoms with van der Waals surface area (Å²) in [6.07, 6.45) is 0. The van der Waals surface area contributed by atoms with Crippen molar-refractivity contribution in [1.29, 1.82) is 0 Å². The molecular formula is C24H28N2O5. The quantitative estimate of drug-likeness (QED) is 0.766. The summed E-state index contributed by atoms with van der Waals surface area (Å²) in [6.45, 7) is 2.29. The van der Waals surface area contributed by atoms with Gasteiger partial charge in [-0.1, -0.05) is 36.4 Å². The van der Waals surface area contributed by atoms with Gasteiger partial charge in [-0.05, 0) is 28.8 Å². The lowest BCUT2D eigenvalue weighted by Crippen LogP contribution is -2.86. The third kappa shape index (κ3) is 3.47. The van der Waals surface area contributed by atoms with E-state index in [2.05, 4.69) is 12.1 Å². The van der Waals surface area contributed by atoms with Crippen molar-refractivity contribution >= 4 is 11.8 Å². The number of ether oxygens (including phenoxy) is 2. The van der Waals surface area contributed by atoms with E-state index < -0.39 is 5.54 Å². The first-order chi connectivity index (χ1) is 14.9. The number of methoxy groups -OCH3 is 2. The molecule has 1 N–H and O–H groups in total. The van der Waals surface area contributed by atoms with Crippen molar-refractivity contribution in [1.82, 2.24) is 9.80 Å². The molecule has 2 aromatic rings. The summed E-state index contributed by atoms with van der Waals surface area (Å²) < 4.78 is 10.4. The maximum Gasteiger partial charge on any atom is 0.249 e. The third-order valence-corrected chi connectivity index (χ3v) is 6.55. The molecule has 7 nitrogen and oxygen atoms in total. The van der Waals surface area contributed by atoms with E-state index in [4.69, 9.17) is 9.47 Å². The zero-order chi connectivity index (χ0) is 22.2. The summed E-state index contributed by atoms with van der Waals surface area (Å²) in [7, 11) is 3.13. The van der Waals surface area contributed by atoms with Gasteiger partial charge in [-0.15, -0.1) is 0 Å². The molecule has 2 saturated heterocycles. The molecule has 2 aliphatic rings. The Hall–Kier alpha value is -2.90. The molecule has 2 heterocycles. The van der Waals surface area contributed by atoms with Gasteiger partial charge in [0, 0.05) is 33.0 Å². The van der Waals surface area contributed by atoms with Crippen LogP contribution in [0.2, 0.25) is 0 Å². The second-order valence-corrected chi connectivity index (χ2v) is 8.26. The Morgan fingerprint density at radius 1 is 1.10 bits per heavy atom. The Morgan fingerprint density at radius 2 is 1.81 bits per heavy atom. The van der Waals surface area contributed by atoms with Crippen molar-refractivity contribution < 1.29 is 24.2 Å². The van der Waals surface area contributed by atoms with Gasteiger partial charge < -0.3 is 24.4 Å². The van der Waals surface area contributed by atoms with E-state index in [-0.39, 0.29) is 37.0 Å². The van der Waals surface area contributed by atoms with E-state index in [1.807, 2.05) is 36.4 Å². The molecule has 2 aromatic carbocycles. The van der Waals surface area contributed by atoms with Crippen LogP contribution in [-0.4, -0.2) is 78.8 Å². The van der Waals surface area contributed by atoms with Crippen LogP contribution in [0.15, 0.2) is 48.5 Å². The predicted molar refractivity (Wildman–Crippen MR) is 116 cm³/mol. The molecule has 7 heteroatoms. The lowest BCUT2D eigenvalue weighted by Gasteiger charge is -2.70. The van der Waals surface area contributed by atoms with Crippen molar-refractivity contribution in [3.05, 3.63) is 54.1 Å². The molecule has 0 bridgehead atoms. The normalized spacial score (nSPS) is 21.4. The maximum atomic E-state index is 12.7. The first kappa shape index (κ1) is 21.3. The van der Waals surface area contributed by atoms with Gasteiger partial charge >= 0.3 is 0 Å². The van der Waals surface area contributed by atoms with Gasteiger partial charge in [0.05, 0.1) is 25.3 Å². The van der Waals surface area contributed by atoms with Crippen molar-refractivity contribution in [3.8, 4) is 16.9 Å². The van der Waals surface area contributed by atoms with Crippen LogP contribution < -0.4 is 4.74 Å². The van der Waals surface area contributed by atoms with Crippen molar-refractivity contribution in [2.24, 2.45) is 0 Å². The highest BCUT2D eigenvalue weighted by molar-refractivity contribution is 5.83. The monoisotopic (exact) mass is 424 g/mol. The van der Waals surface area contributed by atoms with Crippen LogP contribution in [0.1, 0.15) is 18.4 Å². The third-order valence-electron chi connectivity index (χ3n) is 6.55. The van der Waals surface area contributed by atoms with E-state index in [9.17, 15) is 14.7 Å². The average molecular weight is 424 g/mol. The number of aliphatic hydroxyl groups excluding tert-OH is 1. The van der Waals surface area contributed by atoms with Crippen molar-refractivity contribution in [3.63, 3.8) is 0 Å². The summed E-state index contributed by atoms with van der Waals surface area (Å²) in [5.74, 6) is 0.581. The molecule has 0 saturated carbocycles. The molecule has 1 spiro atoms. The highest BCUT2D eigenvalue weighted by atomic mass is 16.5. The van der Waals surface area contributed by atoms with E-state index in [1.165, 1.54) is 14.0 Å². The first-order valence-corrected chi connectivity index (χ1v) is 10.4. The highest BCUT2D eigenvalue weighted by Gasteiger charge is 2.67. The van der Waals surface area contributed by atoms with E-state index >= 15 is 0 Å². The topological polar surface area (TPSA) is 79.3 Å². The smallest absolute Gasteiger partial charge is 0.249 e. The minimum atomic E-state index is -0.494. The molecule has 0 aliphatic carbocycles. The molecule has 0 aromatic heterocycles. The summed E-state index contributed by atoms with van der Waals surface area (Å²) >= 11 is 0. The Bertz CT molecular complexity index is 968. The fourth-order valence-corrected chi connectivity index (χ4v) is 5.12. The second-order valence-electron chi connectivity index (χ2n) is 8.26. The number of hydrogen-bond acceptors (Lipinski definition) is 5. The number of aliphatic hydroxyl groups is 1. The zero-order valence-corrected chi connectivity index (χ0v) is 18.1. The molecule has 31 heavy (non-hydrogen) atoms. The molecule has 0 unspecified atom stereocenters. The fourth-order valence-electron chi connectivity index (χ4n) is 5.12. The molecule has 2 fully saturated rings. The van der Waals surface area contributed by atoms with Gasteiger partial charge in [-0.3, -0.25) is 9.59 Å². The minimum Gasteiger partial charge on any atom is -0.497 e. The lowest BCUT2D eigenvalue weighted by molar-refractivity contribution is -0.204. The maximum absolute atomic E-state index is 12.7. The molecule has 0 radical (unpaired) electrons. The number of benzene rings is 2. The Morgan fingerprint density at radius 3 is 2.39 bits per heavy atom. The largest absolute Gasteiger partial charge is 0.497 e. The van der Waals surface area contributed by atoms with Crippen LogP contribution >= 0.6 is 0 Å². The van der Waals surface area contributed by atoms with E-state index in [0.717, 1.165) is 22.4 Å². The minimum absolute atomic E-state index is 0.00987. The second kappa shape index (κ2) is 8.32. The molecule has 2 aliphatic heterocycles. The Balaban J connectivity index is 1.63. The number of nitrogens with zero attached hydrogens (tertiary/aromatic N) is 2. The number of hydrogen-bond donors (Lipinski definition) is 1. The molecule has 2 atom stereocenters. The van der Waals surface area contributed by atoms with Crippen molar-refractivity contribution in [2.45, 2.75) is 24.4 Å². The Kier molecular flexibility index (Phi) is 5.73. The fraction of sp³-hybridized carbons (Fsp3) is 0.417. The SMILES string of the molecule is COCC(=O)N1[C@H](CO)[C@@H](c2ccc(-c3cccc(OC)c3)cc2)C12CN(C(C)=O)C2. The Labute approximate surface area is 182 Å². The van der Waals surface area contributed by atoms with Gasteiger partial charge in [-0.25, -0.2) is 0 Å². The molecular weight excluding hydrogens is 396 g/mol. The molecule has 164 valence electrons. The molecule has 2 amide bonds. The summed E-state index contributed by atoms with van der Waals surface area (Å²) in [5.41, 5.74) is 2.67. The predicted octanol–water partition coefficient (Wildman–Crippen LogP) is 1.90. The van der Waals surface area contributed by atoms with E-state index in [0.29, 0.717) is 13.1 Å². The van der Waals surface area contributed by atoms with Crippen LogP contribution in [0, 0.1) is 0 Å². The van der Waals surface area contributed by atoms with Crippen LogP contribution in [0.5, 0.6) is 5.75 Å². The summed E-state index contributed by atoms with van der Waals surface area (Å²) in [5, 5.41) is 10.1. The van der Waals surface area contributed by atoms with Gasteiger partial charge in [-0.2, -0.15) is 0 Å². The first-order valence-electron chi connectivity index (χ1n) is 10.4. The number of carbonyl (C=O) groups excluding carboxylic acids is 2. The number of carbonyl (C=O) groups is 2. The zero-order valence-electron chi connectivity index (χ0n) is 18.1. The van der Waals surface area contributed by atoms with Crippen LogP contribution in [0.3, 0.4) is 0 Å². The van der Waals surface area contributed by atoms with Crippen LogP contribution in [-0.2, 0) is 14.3 Å². The van der Waals surface area contributed by atoms with Crippen molar-refractivity contribution in [2.75, 3.05) is 40.5 Å². The summed E-state index contributed by atoms with van der Waals surface area (Å²) in [4.78, 5) is 28.0. The average Bonchev–Trinajstić information content (AvgIpc) is 2.73. The van der Waals surface area contributed by atoms with Gasteiger partial charge in [0.2, 0.25) is 11.8 Å². The van der Waals surface area contributed by atoms with Gasteiger partial charge in [0.15, 0.2) is 0 Å². The highest BCUT2D eigenvalue weighted by Crippen LogP contribution is 2.54. The molecule has 4 rings (SSSR count). The number of amides is 2. The standard InChI is InChI=1S/C24H28N2O5/c1-16(28)25-14-24(15-25)23(21(12-27)26(24)22(29)13-30-2)18-9-7-17(8-10-18)19-5-4-6-20(11-19)31-3/h4-11,21,23,27H,12-15H2,1-3H3/t21-,23-/m1/s1. The van der Waals surface area contributed by atoms with Gasteiger partial charge in [0.1, 0.15) is 12.4 Å².